The van der Waals surface area contributed by atoms with Crippen LogP contribution >= 0.6 is 0 Å². The van der Waals surface area contributed by atoms with Gasteiger partial charge in [-0.1, -0.05) is 135 Å². The summed E-state index contributed by atoms with van der Waals surface area (Å²) in [5, 5.41) is 11.3. The van der Waals surface area contributed by atoms with Gasteiger partial charge in [0.2, 0.25) is 0 Å². The number of hydrogen-bond acceptors (Lipinski definition) is 8. The number of aliphatic hydroxyl groups is 1. The topological polar surface area (TPSA) is 121 Å². The quantitative estimate of drug-likeness (QED) is 0.190. The SMILES string of the molecule is CC(C)(C)c1ccc(CO[C@@H]2[C@@H](OCc3ccc(C(C)(C)C)cc3)[C@@H](O)O[C@H](COS(=O)(=O)O)[C@H]2OCc2ccc(C(C)(C)C)cc2)cc1. The second-order valence-corrected chi connectivity index (χ2v) is 17.0. The summed E-state index contributed by atoms with van der Waals surface area (Å²) in [5.41, 5.74) is 6.15. The molecule has 1 fully saturated rings. The molecule has 10 heteroatoms. The summed E-state index contributed by atoms with van der Waals surface area (Å²) in [4.78, 5) is 0. The maximum absolute atomic E-state index is 11.6. The Morgan fingerprint density at radius 3 is 1.22 bits per heavy atom. The van der Waals surface area contributed by atoms with Crippen LogP contribution in [0.1, 0.15) is 95.7 Å². The van der Waals surface area contributed by atoms with Crippen LogP contribution in [0.15, 0.2) is 72.8 Å². The van der Waals surface area contributed by atoms with Crippen molar-refractivity contribution in [3.05, 3.63) is 106 Å². The lowest BCUT2D eigenvalue weighted by molar-refractivity contribution is -0.314. The minimum Gasteiger partial charge on any atom is -0.368 e. The van der Waals surface area contributed by atoms with E-state index in [1.807, 2.05) is 48.5 Å². The summed E-state index contributed by atoms with van der Waals surface area (Å²) >= 11 is 0. The molecule has 9 nitrogen and oxygen atoms in total. The van der Waals surface area contributed by atoms with Crippen molar-refractivity contribution in [1.29, 1.82) is 0 Å². The van der Waals surface area contributed by atoms with Crippen LogP contribution in [-0.4, -0.2) is 55.4 Å². The highest BCUT2D eigenvalue weighted by molar-refractivity contribution is 7.80. The molecular weight excluding hydrogens is 644 g/mol. The lowest BCUT2D eigenvalue weighted by atomic mass is 9.87. The van der Waals surface area contributed by atoms with Gasteiger partial charge in [-0.15, -0.1) is 0 Å². The summed E-state index contributed by atoms with van der Waals surface area (Å²) < 4.78 is 62.3. The molecule has 0 bridgehead atoms. The third kappa shape index (κ3) is 11.4. The Kier molecular flexibility index (Phi) is 12.5. The Balaban J connectivity index is 1.62. The van der Waals surface area contributed by atoms with E-state index in [2.05, 4.69) is 86.6 Å². The van der Waals surface area contributed by atoms with Crippen molar-refractivity contribution in [2.24, 2.45) is 0 Å². The normalized spacial score (nSPS) is 22.3. The van der Waals surface area contributed by atoms with Gasteiger partial charge in [0.15, 0.2) is 6.29 Å². The molecule has 1 saturated heterocycles. The summed E-state index contributed by atoms with van der Waals surface area (Å²) in [5.74, 6) is 0. The monoisotopic (exact) mass is 698 g/mol. The Labute approximate surface area is 292 Å². The van der Waals surface area contributed by atoms with Gasteiger partial charge in [0.1, 0.15) is 24.4 Å². The second-order valence-electron chi connectivity index (χ2n) is 15.9. The molecule has 0 aliphatic carbocycles. The predicted molar refractivity (Wildman–Crippen MR) is 190 cm³/mol. The Bertz CT molecular complexity index is 1580. The largest absolute Gasteiger partial charge is 0.397 e. The molecule has 49 heavy (non-hydrogen) atoms. The van der Waals surface area contributed by atoms with Crippen molar-refractivity contribution in [1.82, 2.24) is 0 Å². The van der Waals surface area contributed by atoms with E-state index in [1.165, 1.54) is 16.7 Å². The minimum absolute atomic E-state index is 0.00638. The highest BCUT2D eigenvalue weighted by atomic mass is 32.3. The first-order valence-corrected chi connectivity index (χ1v) is 18.2. The zero-order chi connectivity index (χ0) is 36.2. The van der Waals surface area contributed by atoms with Crippen LogP contribution in [0.4, 0.5) is 0 Å². The van der Waals surface area contributed by atoms with E-state index < -0.39 is 47.7 Å². The lowest BCUT2D eigenvalue weighted by Gasteiger charge is -2.44. The van der Waals surface area contributed by atoms with Crippen molar-refractivity contribution in [2.45, 2.75) is 129 Å². The second kappa shape index (κ2) is 15.7. The molecule has 0 aromatic heterocycles. The number of benzene rings is 3. The zero-order valence-electron chi connectivity index (χ0n) is 30.3. The van der Waals surface area contributed by atoms with Gasteiger partial charge in [-0.25, -0.2) is 4.18 Å². The Morgan fingerprint density at radius 2 is 0.898 bits per heavy atom. The molecule has 1 aliphatic rings. The first kappa shape index (κ1) is 39.1. The van der Waals surface area contributed by atoms with E-state index in [1.54, 1.807) is 0 Å². The molecule has 1 aliphatic heterocycles. The van der Waals surface area contributed by atoms with Gasteiger partial charge in [0, 0.05) is 0 Å². The number of rotatable bonds is 12. The van der Waals surface area contributed by atoms with Crippen LogP contribution in [0.5, 0.6) is 0 Å². The van der Waals surface area contributed by atoms with Crippen molar-refractivity contribution in [3.63, 3.8) is 0 Å². The fourth-order valence-corrected chi connectivity index (χ4v) is 5.94. The molecule has 3 aromatic rings. The maximum Gasteiger partial charge on any atom is 0.397 e. The molecule has 1 heterocycles. The number of aliphatic hydroxyl groups excluding tert-OH is 1. The van der Waals surface area contributed by atoms with Gasteiger partial charge in [0.05, 0.1) is 26.4 Å². The van der Waals surface area contributed by atoms with E-state index in [-0.39, 0.29) is 36.1 Å². The Hall–Kier alpha value is -2.67. The van der Waals surface area contributed by atoms with Gasteiger partial charge in [0.25, 0.3) is 0 Å². The standard InChI is InChI=1S/C39H54O9S/c1-37(2,3)29-16-10-26(11-17-29)22-44-33-32(25-47-49(41,42)43)48-36(40)35(46-24-28-14-20-31(21-15-28)39(7,8)9)34(33)45-23-27-12-18-30(19-13-27)38(4,5)6/h10-21,32-36,40H,22-25H2,1-9H3,(H,41,42,43)/t32-,33-,34+,35-,36+/m1/s1. The van der Waals surface area contributed by atoms with Crippen LogP contribution in [-0.2, 0) is 69.6 Å². The molecule has 270 valence electrons. The van der Waals surface area contributed by atoms with E-state index in [4.69, 9.17) is 23.1 Å². The number of ether oxygens (including phenoxy) is 4. The van der Waals surface area contributed by atoms with E-state index in [9.17, 15) is 18.1 Å². The van der Waals surface area contributed by atoms with Gasteiger partial charge in [-0.3, -0.25) is 4.55 Å². The average molecular weight is 699 g/mol. The van der Waals surface area contributed by atoms with Crippen LogP contribution in [0.25, 0.3) is 0 Å². The van der Waals surface area contributed by atoms with Crippen LogP contribution in [0.2, 0.25) is 0 Å². The Morgan fingerprint density at radius 1 is 0.571 bits per heavy atom. The smallest absolute Gasteiger partial charge is 0.368 e. The first-order chi connectivity index (χ1) is 22.7. The van der Waals surface area contributed by atoms with Crippen LogP contribution in [0, 0.1) is 0 Å². The molecule has 0 amide bonds. The highest BCUT2D eigenvalue weighted by Crippen LogP contribution is 2.31. The third-order valence-electron chi connectivity index (χ3n) is 8.78. The fraction of sp³-hybridized carbons (Fsp3) is 0.538. The van der Waals surface area contributed by atoms with Crippen molar-refractivity contribution in [3.8, 4) is 0 Å². The highest BCUT2D eigenvalue weighted by Gasteiger charge is 2.48. The third-order valence-corrected chi connectivity index (χ3v) is 9.21. The van der Waals surface area contributed by atoms with Crippen LogP contribution in [0.3, 0.4) is 0 Å². The van der Waals surface area contributed by atoms with E-state index in [0.29, 0.717) is 0 Å². The maximum atomic E-state index is 11.6. The van der Waals surface area contributed by atoms with Gasteiger partial charge in [-0.2, -0.15) is 8.42 Å². The zero-order valence-corrected chi connectivity index (χ0v) is 31.1. The van der Waals surface area contributed by atoms with Gasteiger partial charge >= 0.3 is 10.4 Å². The predicted octanol–water partition coefficient (Wildman–Crippen LogP) is 7.17. The summed E-state index contributed by atoms with van der Waals surface area (Å²) in [6, 6.07) is 24.2. The molecule has 0 radical (unpaired) electrons. The first-order valence-electron chi connectivity index (χ1n) is 16.8. The van der Waals surface area contributed by atoms with Crippen molar-refractivity contribution >= 4 is 10.4 Å². The number of hydrogen-bond donors (Lipinski definition) is 2. The van der Waals surface area contributed by atoms with Gasteiger partial charge in [-0.05, 0) is 49.6 Å². The van der Waals surface area contributed by atoms with Crippen molar-refractivity contribution < 1.29 is 41.2 Å². The average Bonchev–Trinajstić information content (AvgIpc) is 3.00. The molecule has 0 saturated carbocycles. The van der Waals surface area contributed by atoms with E-state index in [0.717, 1.165) is 16.7 Å². The molecule has 4 rings (SSSR count). The van der Waals surface area contributed by atoms with Gasteiger partial charge < -0.3 is 24.1 Å². The molecule has 2 N–H and O–H groups in total. The summed E-state index contributed by atoms with van der Waals surface area (Å²) in [7, 11) is -4.80. The summed E-state index contributed by atoms with van der Waals surface area (Å²) in [6.45, 7) is 19.1. The molecular formula is C39H54O9S. The molecule has 0 unspecified atom stereocenters. The summed E-state index contributed by atoms with van der Waals surface area (Å²) in [6.07, 6.45) is -5.50. The molecule has 3 aromatic carbocycles. The van der Waals surface area contributed by atoms with E-state index >= 15 is 0 Å². The fourth-order valence-electron chi connectivity index (χ4n) is 5.63. The molecule has 0 spiro atoms. The lowest BCUT2D eigenvalue weighted by Crippen LogP contribution is -2.61. The van der Waals surface area contributed by atoms with Crippen LogP contribution < -0.4 is 0 Å². The van der Waals surface area contributed by atoms with Crippen molar-refractivity contribution in [2.75, 3.05) is 6.61 Å². The molecule has 5 atom stereocenters. The minimum atomic E-state index is -4.80.